The molecule has 1 unspecified atom stereocenters. The Balaban J connectivity index is 1.38. The number of carbonyl (C=O) groups is 2. The van der Waals surface area contributed by atoms with E-state index in [-0.39, 0.29) is 23.8 Å². The molecule has 0 bridgehead atoms. The average molecular weight is 540 g/mol. The smallest absolute Gasteiger partial charge is 0.410 e. The number of nitrogens with one attached hydrogen (secondary N) is 2. The van der Waals surface area contributed by atoms with Crippen molar-refractivity contribution in [1.29, 1.82) is 0 Å². The van der Waals surface area contributed by atoms with E-state index in [1.807, 2.05) is 20.8 Å². The van der Waals surface area contributed by atoms with Gasteiger partial charge in [-0.15, -0.1) is 0 Å². The largest absolute Gasteiger partial charge is 0.494 e. The Kier molecular flexibility index (Phi) is 7.33. The van der Waals surface area contributed by atoms with Crippen LogP contribution < -0.4 is 14.8 Å². The Morgan fingerprint density at radius 2 is 1.97 bits per heavy atom. The third kappa shape index (κ3) is 6.07. The number of benzene rings is 1. The van der Waals surface area contributed by atoms with Gasteiger partial charge in [0.25, 0.3) is 5.91 Å². The highest BCUT2D eigenvalue weighted by atomic mass is 19.1. The first-order valence-corrected chi connectivity index (χ1v) is 13.2. The molecular formula is C28H34FN5O5. The molecule has 1 aliphatic carbocycles. The predicted octanol–water partition coefficient (Wildman–Crippen LogP) is 4.69. The highest BCUT2D eigenvalue weighted by Gasteiger charge is 2.30. The van der Waals surface area contributed by atoms with Gasteiger partial charge >= 0.3 is 6.09 Å². The molecule has 208 valence electrons. The number of aromatic amines is 1. The molecule has 2 fully saturated rings. The number of likely N-dealkylation sites (tertiary alicyclic amines) is 1. The second-order valence-electron chi connectivity index (χ2n) is 11.1. The van der Waals surface area contributed by atoms with Gasteiger partial charge in [0, 0.05) is 37.0 Å². The molecule has 1 saturated carbocycles. The number of methoxy groups -OCH3 is 1. The molecule has 5 rings (SSSR count). The molecule has 11 heteroatoms. The van der Waals surface area contributed by atoms with E-state index in [4.69, 9.17) is 14.2 Å². The number of ether oxygens (including phenoxy) is 3. The zero-order valence-electron chi connectivity index (χ0n) is 22.7. The Hall–Kier alpha value is -3.89. The van der Waals surface area contributed by atoms with E-state index < -0.39 is 11.4 Å². The quantitative estimate of drug-likeness (QED) is 0.447. The highest BCUT2D eigenvalue weighted by Crippen LogP contribution is 2.39. The van der Waals surface area contributed by atoms with Gasteiger partial charge in [0.15, 0.2) is 11.6 Å². The van der Waals surface area contributed by atoms with Gasteiger partial charge in [-0.2, -0.15) is 0 Å². The summed E-state index contributed by atoms with van der Waals surface area (Å²) in [4.78, 5) is 39.4. The van der Waals surface area contributed by atoms with Crippen LogP contribution >= 0.6 is 0 Å². The van der Waals surface area contributed by atoms with Crippen molar-refractivity contribution in [3.63, 3.8) is 0 Å². The van der Waals surface area contributed by atoms with Crippen LogP contribution in [0.1, 0.15) is 56.8 Å². The summed E-state index contributed by atoms with van der Waals surface area (Å²) >= 11 is 0. The lowest BCUT2D eigenvalue weighted by molar-refractivity contribution is 0.0185. The summed E-state index contributed by atoms with van der Waals surface area (Å²) in [7, 11) is 1.40. The maximum Gasteiger partial charge on any atom is 0.410 e. The molecule has 1 atom stereocenters. The number of H-pyrrole nitrogens is 1. The number of piperidine rings is 1. The van der Waals surface area contributed by atoms with E-state index in [1.54, 1.807) is 17.2 Å². The van der Waals surface area contributed by atoms with Gasteiger partial charge in [-0.3, -0.25) is 4.79 Å². The molecule has 1 saturated heterocycles. The molecule has 0 spiro atoms. The van der Waals surface area contributed by atoms with E-state index in [2.05, 4.69) is 20.3 Å². The molecule has 2 amide bonds. The zero-order chi connectivity index (χ0) is 27.7. The number of halogens is 1. The normalized spacial score (nSPS) is 17.7. The van der Waals surface area contributed by atoms with Crippen LogP contribution in [0.5, 0.6) is 11.5 Å². The van der Waals surface area contributed by atoms with Crippen LogP contribution in [0.3, 0.4) is 0 Å². The van der Waals surface area contributed by atoms with Crippen LogP contribution in [0, 0.1) is 11.7 Å². The number of hydrogen-bond donors (Lipinski definition) is 2. The molecule has 2 N–H and O–H groups in total. The second-order valence-corrected chi connectivity index (χ2v) is 11.1. The number of nitrogens with zero attached hydrogens (tertiary/aromatic N) is 3. The molecule has 1 aromatic carbocycles. The maximum atomic E-state index is 14.6. The van der Waals surface area contributed by atoms with Gasteiger partial charge in [0.1, 0.15) is 28.9 Å². The molecule has 10 nitrogen and oxygen atoms in total. The van der Waals surface area contributed by atoms with Gasteiger partial charge < -0.3 is 29.4 Å². The van der Waals surface area contributed by atoms with Gasteiger partial charge in [0.2, 0.25) is 0 Å². The van der Waals surface area contributed by atoms with Crippen molar-refractivity contribution in [1.82, 2.24) is 25.2 Å². The van der Waals surface area contributed by atoms with Crippen molar-refractivity contribution >= 4 is 23.0 Å². The minimum atomic E-state index is -0.591. The summed E-state index contributed by atoms with van der Waals surface area (Å²) in [6, 6.07) is 2.63. The van der Waals surface area contributed by atoms with Gasteiger partial charge in [0.05, 0.1) is 24.8 Å². The van der Waals surface area contributed by atoms with Crippen LogP contribution in [-0.4, -0.2) is 70.3 Å². The SMILES string of the molecule is COc1cc(-c2ncnc3c(C(=O)NC4CCCN(C(=O)OC(C)(C)C)C4)c[nH]c23)c(OCC2CC2)cc1F. The zero-order valence-corrected chi connectivity index (χ0v) is 22.7. The first-order valence-electron chi connectivity index (χ1n) is 13.2. The summed E-state index contributed by atoms with van der Waals surface area (Å²) < 4.78 is 31.2. The third-order valence-electron chi connectivity index (χ3n) is 6.80. The molecule has 2 aliphatic rings. The third-order valence-corrected chi connectivity index (χ3v) is 6.80. The first-order chi connectivity index (χ1) is 18.6. The summed E-state index contributed by atoms with van der Waals surface area (Å²) in [5, 5.41) is 3.03. The lowest BCUT2D eigenvalue weighted by atomic mass is 10.1. The minimum absolute atomic E-state index is 0.0619. The molecule has 2 aromatic heterocycles. The van der Waals surface area contributed by atoms with Crippen LogP contribution in [-0.2, 0) is 4.74 Å². The Bertz CT molecular complexity index is 1380. The van der Waals surface area contributed by atoms with Crippen LogP contribution in [0.4, 0.5) is 9.18 Å². The molecule has 1 aliphatic heterocycles. The van der Waals surface area contributed by atoms with E-state index in [1.165, 1.54) is 19.5 Å². The van der Waals surface area contributed by atoms with Crippen LogP contribution in [0.15, 0.2) is 24.7 Å². The van der Waals surface area contributed by atoms with Gasteiger partial charge in [-0.25, -0.2) is 19.2 Å². The van der Waals surface area contributed by atoms with E-state index >= 15 is 0 Å². The lowest BCUT2D eigenvalue weighted by Crippen LogP contribution is -2.50. The van der Waals surface area contributed by atoms with Gasteiger partial charge in [-0.05, 0) is 58.4 Å². The van der Waals surface area contributed by atoms with Gasteiger partial charge in [-0.1, -0.05) is 0 Å². The topological polar surface area (TPSA) is 119 Å². The monoisotopic (exact) mass is 539 g/mol. The number of rotatable bonds is 7. The molecule has 3 heterocycles. The Morgan fingerprint density at radius 1 is 1.18 bits per heavy atom. The lowest BCUT2D eigenvalue weighted by Gasteiger charge is -2.34. The summed E-state index contributed by atoms with van der Waals surface area (Å²) in [5.41, 5.74) is 1.71. The van der Waals surface area contributed by atoms with Crippen molar-refractivity contribution in [3.05, 3.63) is 36.0 Å². The number of amides is 2. The van der Waals surface area contributed by atoms with Crippen molar-refractivity contribution < 1.29 is 28.2 Å². The van der Waals surface area contributed by atoms with Crippen molar-refractivity contribution in [2.75, 3.05) is 26.8 Å². The standard InChI is InChI=1S/C28H34FN5O5/c1-28(2,3)39-27(36)34-9-5-6-17(13-34)33-26(35)19-12-30-25-23(31-15-32-24(19)25)18-10-22(37-4)20(29)11-21(18)38-14-16-7-8-16/h10-12,15-17,30H,5-9,13-14H2,1-4H3,(H,33,35). The first kappa shape index (κ1) is 26.7. The average Bonchev–Trinajstić information content (AvgIpc) is 3.62. The molecule has 39 heavy (non-hydrogen) atoms. The van der Waals surface area contributed by atoms with E-state index in [0.717, 1.165) is 25.7 Å². The fourth-order valence-corrected chi connectivity index (χ4v) is 4.66. The van der Waals surface area contributed by atoms with Crippen LogP contribution in [0.2, 0.25) is 0 Å². The van der Waals surface area contributed by atoms with Crippen molar-refractivity contribution in [3.8, 4) is 22.8 Å². The maximum absolute atomic E-state index is 14.6. The number of hydrogen-bond acceptors (Lipinski definition) is 7. The van der Waals surface area contributed by atoms with E-state index in [9.17, 15) is 14.0 Å². The predicted molar refractivity (Wildman–Crippen MR) is 142 cm³/mol. The number of fused-ring (bicyclic) bond motifs is 1. The van der Waals surface area contributed by atoms with E-state index in [0.29, 0.717) is 59.2 Å². The minimum Gasteiger partial charge on any atom is -0.494 e. The van der Waals surface area contributed by atoms with Crippen molar-refractivity contribution in [2.24, 2.45) is 5.92 Å². The number of aromatic nitrogens is 3. The molecular weight excluding hydrogens is 505 g/mol. The summed E-state index contributed by atoms with van der Waals surface area (Å²) in [6.45, 7) is 6.91. The fraction of sp³-hybridized carbons (Fsp3) is 0.500. The molecule has 0 radical (unpaired) electrons. The van der Waals surface area contributed by atoms with Crippen molar-refractivity contribution in [2.45, 2.75) is 58.1 Å². The Morgan fingerprint density at radius 3 is 2.69 bits per heavy atom. The van der Waals surface area contributed by atoms with Crippen LogP contribution in [0.25, 0.3) is 22.3 Å². The Labute approximate surface area is 226 Å². The second kappa shape index (κ2) is 10.7. The summed E-state index contributed by atoms with van der Waals surface area (Å²) in [6.07, 6.45) is 6.24. The molecule has 3 aromatic rings. The highest BCUT2D eigenvalue weighted by molar-refractivity contribution is 6.08. The summed E-state index contributed by atoms with van der Waals surface area (Å²) in [5.74, 6) is 0.0398. The fourth-order valence-electron chi connectivity index (χ4n) is 4.66. The number of carbonyl (C=O) groups excluding carboxylic acids is 2.